The summed E-state index contributed by atoms with van der Waals surface area (Å²) >= 11 is 0. The molecule has 1 saturated heterocycles. The topological polar surface area (TPSA) is 56.6 Å². The first-order valence-corrected chi connectivity index (χ1v) is 10.1. The smallest absolute Gasteiger partial charge is 0.261 e. The Bertz CT molecular complexity index is 1110. The van der Waals surface area contributed by atoms with Gasteiger partial charge < -0.3 is 9.47 Å². The van der Waals surface area contributed by atoms with Crippen LogP contribution >= 0.6 is 0 Å². The number of nitrogens with zero attached hydrogens (tertiary/aromatic N) is 3. The third-order valence-corrected chi connectivity index (χ3v) is 6.33. The third-order valence-electron chi connectivity index (χ3n) is 6.33. The van der Waals surface area contributed by atoms with E-state index >= 15 is 0 Å². The van der Waals surface area contributed by atoms with Crippen molar-refractivity contribution in [2.24, 2.45) is 0 Å². The van der Waals surface area contributed by atoms with Gasteiger partial charge in [0.25, 0.3) is 5.56 Å². The largest absolute Gasteiger partial charge is 0.493 e. The molecule has 0 amide bonds. The predicted octanol–water partition coefficient (Wildman–Crippen LogP) is 3.00. The van der Waals surface area contributed by atoms with Gasteiger partial charge in [0, 0.05) is 37.7 Å². The van der Waals surface area contributed by atoms with Gasteiger partial charge in [-0.2, -0.15) is 0 Å². The summed E-state index contributed by atoms with van der Waals surface area (Å²) in [4.78, 5) is 20.8. The predicted molar refractivity (Wildman–Crippen MR) is 112 cm³/mol. The van der Waals surface area contributed by atoms with Crippen molar-refractivity contribution in [1.82, 2.24) is 14.5 Å². The van der Waals surface area contributed by atoms with Gasteiger partial charge in [-0.25, -0.2) is 4.98 Å². The van der Waals surface area contributed by atoms with Crippen LogP contribution in [0.25, 0.3) is 10.9 Å². The Labute approximate surface area is 169 Å². The zero-order chi connectivity index (χ0) is 20.0. The summed E-state index contributed by atoms with van der Waals surface area (Å²) in [6.45, 7) is 1.61. The van der Waals surface area contributed by atoms with Crippen molar-refractivity contribution in [3.63, 3.8) is 0 Å². The van der Waals surface area contributed by atoms with Crippen LogP contribution in [0.4, 0.5) is 0 Å². The average molecular weight is 391 g/mol. The molecule has 3 aromatic rings. The summed E-state index contributed by atoms with van der Waals surface area (Å²) in [5, 5.41) is 0.582. The lowest BCUT2D eigenvalue weighted by Crippen LogP contribution is -2.37. The zero-order valence-electron chi connectivity index (χ0n) is 16.8. The van der Waals surface area contributed by atoms with E-state index in [0.29, 0.717) is 41.0 Å². The third kappa shape index (κ3) is 3.08. The van der Waals surface area contributed by atoms with Gasteiger partial charge >= 0.3 is 0 Å². The van der Waals surface area contributed by atoms with Crippen molar-refractivity contribution in [3.8, 4) is 11.5 Å². The zero-order valence-corrected chi connectivity index (χ0v) is 16.8. The Morgan fingerprint density at radius 3 is 2.52 bits per heavy atom. The normalized spacial score (nSPS) is 21.0. The van der Waals surface area contributed by atoms with Gasteiger partial charge in [0.1, 0.15) is 5.82 Å². The van der Waals surface area contributed by atoms with E-state index in [9.17, 15) is 4.79 Å². The minimum absolute atomic E-state index is 0.0122. The monoisotopic (exact) mass is 391 g/mol. The van der Waals surface area contributed by atoms with Crippen molar-refractivity contribution < 1.29 is 9.47 Å². The fraction of sp³-hybridized carbons (Fsp3) is 0.391. The SMILES string of the molecule is COc1cc2nc3n(c(=O)c2cc1OC)C[C@H]1CC[C@H](C3)N1Cc1ccccc1. The minimum atomic E-state index is 0.0122. The van der Waals surface area contributed by atoms with Crippen LogP contribution in [0, 0.1) is 0 Å². The molecule has 0 spiro atoms. The van der Waals surface area contributed by atoms with Crippen molar-refractivity contribution in [3.05, 3.63) is 64.2 Å². The van der Waals surface area contributed by atoms with Crippen LogP contribution in [0.1, 0.15) is 24.2 Å². The lowest BCUT2D eigenvalue weighted by Gasteiger charge is -2.27. The minimum Gasteiger partial charge on any atom is -0.493 e. The van der Waals surface area contributed by atoms with Gasteiger partial charge in [-0.05, 0) is 24.5 Å². The molecule has 29 heavy (non-hydrogen) atoms. The second kappa shape index (κ2) is 7.19. The molecule has 0 unspecified atom stereocenters. The molecule has 2 atom stereocenters. The molecule has 1 aromatic heterocycles. The van der Waals surface area contributed by atoms with E-state index in [1.165, 1.54) is 5.56 Å². The molecule has 1 fully saturated rings. The summed E-state index contributed by atoms with van der Waals surface area (Å²) in [6.07, 6.45) is 3.06. The molecule has 2 aliphatic rings. The first kappa shape index (κ1) is 18.2. The number of hydrogen-bond acceptors (Lipinski definition) is 5. The molecule has 0 saturated carbocycles. The first-order chi connectivity index (χ1) is 14.2. The fourth-order valence-corrected chi connectivity index (χ4v) is 4.84. The summed E-state index contributed by atoms with van der Waals surface area (Å²) < 4.78 is 12.7. The van der Waals surface area contributed by atoms with Gasteiger partial charge in [0.15, 0.2) is 11.5 Å². The highest BCUT2D eigenvalue weighted by molar-refractivity contribution is 5.82. The van der Waals surface area contributed by atoms with E-state index in [1.54, 1.807) is 26.4 Å². The molecule has 3 heterocycles. The molecule has 0 radical (unpaired) electrons. The number of hydrogen-bond donors (Lipinski definition) is 0. The first-order valence-electron chi connectivity index (χ1n) is 10.1. The standard InChI is InChI=1S/C23H25N3O3/c1-28-20-11-18-19(12-21(20)29-2)24-22-10-16-8-9-17(14-26(22)23(18)27)25(16)13-15-6-4-3-5-7-15/h3-7,11-12,16-17H,8-10,13-14H2,1-2H3/t16-,17-/m1/s1. The molecule has 2 aliphatic heterocycles. The van der Waals surface area contributed by atoms with E-state index in [4.69, 9.17) is 14.5 Å². The average Bonchev–Trinajstić information content (AvgIpc) is 3.03. The number of rotatable bonds is 4. The second-order valence-corrected chi connectivity index (χ2v) is 7.92. The maximum Gasteiger partial charge on any atom is 0.261 e. The Morgan fingerprint density at radius 2 is 1.76 bits per heavy atom. The van der Waals surface area contributed by atoms with Crippen molar-refractivity contribution in [1.29, 1.82) is 0 Å². The van der Waals surface area contributed by atoms with E-state index < -0.39 is 0 Å². The van der Waals surface area contributed by atoms with Crippen molar-refractivity contribution in [2.75, 3.05) is 14.2 Å². The van der Waals surface area contributed by atoms with Crippen LogP contribution in [0.3, 0.4) is 0 Å². The number of aromatic nitrogens is 2. The van der Waals surface area contributed by atoms with Gasteiger partial charge in [0.2, 0.25) is 0 Å². The van der Waals surface area contributed by atoms with Crippen molar-refractivity contribution in [2.45, 2.75) is 44.4 Å². The Kier molecular flexibility index (Phi) is 4.51. The lowest BCUT2D eigenvalue weighted by molar-refractivity contribution is 0.180. The molecule has 2 aromatic carbocycles. The Balaban J connectivity index is 1.56. The van der Waals surface area contributed by atoms with Gasteiger partial charge in [-0.3, -0.25) is 14.3 Å². The molecular weight excluding hydrogens is 366 g/mol. The molecule has 6 heteroatoms. The van der Waals surface area contributed by atoms with Gasteiger partial charge in [-0.1, -0.05) is 30.3 Å². The van der Waals surface area contributed by atoms with Gasteiger partial charge in [-0.15, -0.1) is 0 Å². The van der Waals surface area contributed by atoms with E-state index in [0.717, 1.165) is 31.6 Å². The second-order valence-electron chi connectivity index (χ2n) is 7.92. The van der Waals surface area contributed by atoms with Crippen molar-refractivity contribution >= 4 is 10.9 Å². The molecular formula is C23H25N3O3. The van der Waals surface area contributed by atoms with Crippen LogP contribution < -0.4 is 15.0 Å². The number of ether oxygens (including phenoxy) is 2. The summed E-state index contributed by atoms with van der Waals surface area (Å²) in [7, 11) is 3.18. The van der Waals surface area contributed by atoms with E-state index in [-0.39, 0.29) is 5.56 Å². The maximum absolute atomic E-state index is 13.3. The molecule has 5 rings (SSSR count). The van der Waals surface area contributed by atoms with Crippen LogP contribution in [0.2, 0.25) is 0 Å². The van der Waals surface area contributed by atoms with Crippen LogP contribution in [0.15, 0.2) is 47.3 Å². The van der Waals surface area contributed by atoms with E-state index in [1.807, 2.05) is 10.6 Å². The highest BCUT2D eigenvalue weighted by atomic mass is 16.5. The van der Waals surface area contributed by atoms with Crippen LogP contribution in [0.5, 0.6) is 11.5 Å². The molecule has 150 valence electrons. The highest BCUT2D eigenvalue weighted by Gasteiger charge is 2.37. The molecule has 2 bridgehead atoms. The Morgan fingerprint density at radius 1 is 1.03 bits per heavy atom. The number of fused-ring (bicyclic) bond motifs is 4. The summed E-state index contributed by atoms with van der Waals surface area (Å²) in [5.74, 6) is 2.03. The quantitative estimate of drug-likeness (QED) is 0.684. The molecule has 0 N–H and O–H groups in total. The maximum atomic E-state index is 13.3. The van der Waals surface area contributed by atoms with Gasteiger partial charge in [0.05, 0.1) is 25.1 Å². The summed E-state index contributed by atoms with van der Waals surface area (Å²) in [5.41, 5.74) is 2.00. The number of benzene rings is 2. The van der Waals surface area contributed by atoms with Crippen LogP contribution in [-0.2, 0) is 19.5 Å². The lowest BCUT2D eigenvalue weighted by atomic mass is 10.1. The van der Waals surface area contributed by atoms with E-state index in [2.05, 4.69) is 29.2 Å². The molecule has 0 aliphatic carbocycles. The molecule has 6 nitrogen and oxygen atoms in total. The number of methoxy groups -OCH3 is 2. The fourth-order valence-electron chi connectivity index (χ4n) is 4.84. The highest BCUT2D eigenvalue weighted by Crippen LogP contribution is 2.34. The van der Waals surface area contributed by atoms with Crippen LogP contribution in [-0.4, -0.2) is 40.8 Å². The summed E-state index contributed by atoms with van der Waals surface area (Å²) in [6, 6.07) is 14.9. The Hall–Kier alpha value is -2.86.